The lowest BCUT2D eigenvalue weighted by molar-refractivity contribution is -0.325. The number of hydrogen-bond donors (Lipinski definition) is 0. The summed E-state index contributed by atoms with van der Waals surface area (Å²) in [6.45, 7) is 1.29. The summed E-state index contributed by atoms with van der Waals surface area (Å²) in [7, 11) is 1.42. The number of hydroxylamine groups is 2. The molecule has 0 N–H and O–H groups in total. The molecular weight excluding hydrogens is 381 g/mol. The molecule has 1 fully saturated rings. The van der Waals surface area contributed by atoms with Gasteiger partial charge in [0.05, 0.1) is 31.9 Å². The topological polar surface area (TPSA) is 107 Å². The van der Waals surface area contributed by atoms with Gasteiger partial charge in [-0.1, -0.05) is 6.08 Å². The number of nitrogens with zero attached hydrogens (tertiary/aromatic N) is 4. The molecule has 0 saturated carbocycles. The van der Waals surface area contributed by atoms with Crippen molar-refractivity contribution < 1.29 is 37.0 Å². The number of urea groups is 1. The Hall–Kier alpha value is -2.96. The maximum absolute atomic E-state index is 14.1. The number of aromatic nitrogens is 1. The monoisotopic (exact) mass is 398 g/mol. The van der Waals surface area contributed by atoms with Crippen LogP contribution in [-0.4, -0.2) is 79.3 Å². The maximum Gasteiger partial charge on any atom is 0.477 e. The standard InChI is InChI=1S/C15H17BF2N4O6/c1-2-25-13(23)15(17,18)28-22-11-6-21(14(22)24)9(4-19-8-27-16)3-10(11)12-5-20-7-26-12/h3,5,7-9,11H,2,4,6,16H2,1H3/t9-,11-/m0/s1. The minimum absolute atomic E-state index is 0.0391. The summed E-state index contributed by atoms with van der Waals surface area (Å²) >= 11 is 0. The molecule has 2 aliphatic rings. The van der Waals surface area contributed by atoms with Crippen molar-refractivity contribution in [2.75, 3.05) is 19.7 Å². The van der Waals surface area contributed by atoms with Gasteiger partial charge in [0.25, 0.3) is 0 Å². The second-order valence-electron chi connectivity index (χ2n) is 5.87. The van der Waals surface area contributed by atoms with Crippen LogP contribution < -0.4 is 0 Å². The van der Waals surface area contributed by atoms with Crippen LogP contribution in [0.15, 0.2) is 28.1 Å². The number of alkyl halides is 2. The zero-order valence-electron chi connectivity index (χ0n) is 15.1. The van der Waals surface area contributed by atoms with Crippen molar-refractivity contribution in [3.05, 3.63) is 24.4 Å². The number of aliphatic imine (C=N–C) groups is 1. The average molecular weight is 398 g/mol. The molecule has 13 heteroatoms. The molecule has 2 atom stereocenters. The van der Waals surface area contributed by atoms with Gasteiger partial charge in [0.15, 0.2) is 18.6 Å². The first-order valence-corrected chi connectivity index (χ1v) is 8.34. The second kappa shape index (κ2) is 7.96. The van der Waals surface area contributed by atoms with Crippen molar-refractivity contribution in [3.8, 4) is 0 Å². The highest BCUT2D eigenvalue weighted by molar-refractivity contribution is 6.02. The van der Waals surface area contributed by atoms with E-state index in [1.54, 1.807) is 6.08 Å². The number of hydrogen-bond acceptors (Lipinski definition) is 8. The van der Waals surface area contributed by atoms with E-state index in [-0.39, 0.29) is 25.5 Å². The second-order valence-corrected chi connectivity index (χ2v) is 5.87. The molecule has 150 valence electrons. The van der Waals surface area contributed by atoms with Crippen LogP contribution in [0, 0.1) is 0 Å². The predicted molar refractivity (Wildman–Crippen MR) is 91.7 cm³/mol. The van der Waals surface area contributed by atoms with Crippen LogP contribution in [0.3, 0.4) is 0 Å². The van der Waals surface area contributed by atoms with E-state index in [9.17, 15) is 18.4 Å². The number of oxazole rings is 1. The SMILES string of the molecule is BOC=NC[C@@H]1C=C(c2cnco2)[C@@H]2CN1C(=O)N2OC(F)(F)C(=O)OCC. The minimum Gasteiger partial charge on any atom is -0.560 e. The van der Waals surface area contributed by atoms with Gasteiger partial charge in [0.1, 0.15) is 6.04 Å². The molecule has 0 unspecified atom stereocenters. The molecule has 28 heavy (non-hydrogen) atoms. The number of amides is 2. The third kappa shape index (κ3) is 3.70. The molecule has 3 rings (SSSR count). The fourth-order valence-corrected chi connectivity index (χ4v) is 2.97. The van der Waals surface area contributed by atoms with Crippen molar-refractivity contribution in [1.29, 1.82) is 0 Å². The molecule has 0 aromatic carbocycles. The lowest BCUT2D eigenvalue weighted by Crippen LogP contribution is -2.45. The summed E-state index contributed by atoms with van der Waals surface area (Å²) in [6.07, 6.45) is 1.10. The van der Waals surface area contributed by atoms with Crippen molar-refractivity contribution in [2.45, 2.75) is 25.1 Å². The predicted octanol–water partition coefficient (Wildman–Crippen LogP) is 0.227. The van der Waals surface area contributed by atoms with Gasteiger partial charge in [-0.2, -0.15) is 18.7 Å². The number of esters is 1. The number of carbonyl (C=O) groups excluding carboxylic acids is 2. The van der Waals surface area contributed by atoms with Crippen molar-refractivity contribution in [2.24, 2.45) is 4.99 Å². The molecular formula is C15H17BF2N4O6. The Morgan fingerprint density at radius 3 is 3.00 bits per heavy atom. The lowest BCUT2D eigenvalue weighted by atomic mass is 9.98. The smallest absolute Gasteiger partial charge is 0.477 e. The summed E-state index contributed by atoms with van der Waals surface area (Å²) in [5.41, 5.74) is 0.414. The Morgan fingerprint density at radius 2 is 2.36 bits per heavy atom. The third-order valence-corrected chi connectivity index (χ3v) is 4.13. The van der Waals surface area contributed by atoms with Crippen molar-refractivity contribution in [3.63, 3.8) is 0 Å². The zero-order valence-corrected chi connectivity index (χ0v) is 15.1. The summed E-state index contributed by atoms with van der Waals surface area (Å²) in [5.74, 6) is -1.60. The number of carbonyl (C=O) groups is 2. The fraction of sp³-hybridized carbons (Fsp3) is 0.467. The molecule has 10 nitrogen and oxygen atoms in total. The number of ether oxygens (including phenoxy) is 1. The number of fused-ring (bicyclic) bond motifs is 2. The van der Waals surface area contributed by atoms with Gasteiger partial charge in [-0.05, 0) is 6.92 Å². The highest BCUT2D eigenvalue weighted by Crippen LogP contribution is 2.37. The lowest BCUT2D eigenvalue weighted by Gasteiger charge is -2.28. The van der Waals surface area contributed by atoms with Gasteiger partial charge in [0.2, 0.25) is 0 Å². The van der Waals surface area contributed by atoms with E-state index in [0.29, 0.717) is 10.6 Å². The van der Waals surface area contributed by atoms with Crippen LogP contribution in [0.4, 0.5) is 13.6 Å². The Bertz CT molecular complexity index is 788. The van der Waals surface area contributed by atoms with E-state index in [1.807, 2.05) is 0 Å². The Labute approximate surface area is 159 Å². The fourth-order valence-electron chi connectivity index (χ4n) is 2.97. The first-order valence-electron chi connectivity index (χ1n) is 8.34. The Kier molecular flexibility index (Phi) is 5.63. The molecule has 1 aromatic heterocycles. The molecule has 0 aliphatic carbocycles. The number of rotatable bonds is 8. The highest BCUT2D eigenvalue weighted by Gasteiger charge is 2.54. The van der Waals surface area contributed by atoms with Crippen molar-refractivity contribution in [1.82, 2.24) is 14.9 Å². The van der Waals surface area contributed by atoms with Crippen LogP contribution in [0.25, 0.3) is 5.57 Å². The quantitative estimate of drug-likeness (QED) is 0.267. The Balaban J connectivity index is 1.89. The molecule has 1 aromatic rings. The van der Waals surface area contributed by atoms with E-state index in [1.165, 1.54) is 38.9 Å². The van der Waals surface area contributed by atoms with Crippen LogP contribution in [0.1, 0.15) is 12.7 Å². The van der Waals surface area contributed by atoms with Gasteiger partial charge >= 0.3 is 26.2 Å². The van der Waals surface area contributed by atoms with Gasteiger partial charge < -0.3 is 18.7 Å². The molecule has 2 aliphatic heterocycles. The van der Waals surface area contributed by atoms with Crippen molar-refractivity contribution >= 4 is 32.0 Å². The highest BCUT2D eigenvalue weighted by atomic mass is 19.3. The molecule has 3 heterocycles. The molecule has 1 saturated heterocycles. The molecule has 0 radical (unpaired) electrons. The average Bonchev–Trinajstić information content (AvgIpc) is 3.28. The zero-order chi connectivity index (χ0) is 20.3. The summed E-state index contributed by atoms with van der Waals surface area (Å²) < 4.78 is 42.5. The van der Waals surface area contributed by atoms with E-state index in [4.69, 9.17) is 9.07 Å². The van der Waals surface area contributed by atoms with Crippen LogP contribution in [-0.2, 0) is 19.0 Å². The van der Waals surface area contributed by atoms with Gasteiger partial charge in [-0.25, -0.2) is 14.6 Å². The first-order chi connectivity index (χ1) is 13.4. The summed E-state index contributed by atoms with van der Waals surface area (Å²) in [4.78, 5) is 37.8. The Morgan fingerprint density at radius 1 is 1.57 bits per heavy atom. The molecule has 0 spiro atoms. The number of halogens is 2. The molecule has 2 amide bonds. The van der Waals surface area contributed by atoms with E-state index < -0.39 is 30.2 Å². The van der Waals surface area contributed by atoms with Gasteiger partial charge in [-0.15, -0.1) is 0 Å². The largest absolute Gasteiger partial charge is 0.560 e. The van der Waals surface area contributed by atoms with Crippen LogP contribution >= 0.6 is 0 Å². The normalized spacial score (nSPS) is 22.0. The van der Waals surface area contributed by atoms with Gasteiger partial charge in [0, 0.05) is 5.57 Å². The van der Waals surface area contributed by atoms with E-state index in [2.05, 4.69) is 19.6 Å². The third-order valence-electron chi connectivity index (χ3n) is 4.13. The first kappa shape index (κ1) is 19.8. The van der Waals surface area contributed by atoms with E-state index in [0.717, 1.165) is 0 Å². The molecule has 2 bridgehead atoms. The van der Waals surface area contributed by atoms with Crippen LogP contribution in [0.5, 0.6) is 0 Å². The summed E-state index contributed by atoms with van der Waals surface area (Å²) in [5, 5.41) is 0.464. The van der Waals surface area contributed by atoms with E-state index >= 15 is 0 Å². The maximum atomic E-state index is 14.1. The van der Waals surface area contributed by atoms with Gasteiger partial charge in [-0.3, -0.25) is 4.99 Å². The summed E-state index contributed by atoms with van der Waals surface area (Å²) in [6, 6.07) is -2.32. The van der Waals surface area contributed by atoms with Crippen LogP contribution in [0.2, 0.25) is 0 Å². The minimum atomic E-state index is -4.33.